The summed E-state index contributed by atoms with van der Waals surface area (Å²) in [6.07, 6.45) is 2.68. The van der Waals surface area contributed by atoms with Crippen molar-refractivity contribution in [2.75, 3.05) is 39.8 Å². The van der Waals surface area contributed by atoms with E-state index in [1.54, 1.807) is 0 Å². The van der Waals surface area contributed by atoms with Crippen LogP contribution in [0.2, 0.25) is 0 Å². The van der Waals surface area contributed by atoms with Crippen molar-refractivity contribution in [1.29, 1.82) is 0 Å². The predicted molar refractivity (Wildman–Crippen MR) is 59.6 cm³/mol. The van der Waals surface area contributed by atoms with Crippen LogP contribution in [0.4, 0.5) is 0 Å². The van der Waals surface area contributed by atoms with E-state index >= 15 is 0 Å². The standard InChI is InChI=1S/C11H23N3/c1-10-9-13(2)7-8-14(10)11-3-5-12-6-4-11/h10-12H,3-9H2,1-2H3. The van der Waals surface area contributed by atoms with E-state index in [0.717, 1.165) is 12.1 Å². The topological polar surface area (TPSA) is 18.5 Å². The van der Waals surface area contributed by atoms with Crippen LogP contribution in [0.3, 0.4) is 0 Å². The summed E-state index contributed by atoms with van der Waals surface area (Å²) in [4.78, 5) is 5.17. The Morgan fingerprint density at radius 1 is 1.14 bits per heavy atom. The Balaban J connectivity index is 1.89. The minimum absolute atomic E-state index is 0.747. The Morgan fingerprint density at radius 3 is 2.50 bits per heavy atom. The van der Waals surface area contributed by atoms with E-state index < -0.39 is 0 Å². The number of hydrogen-bond acceptors (Lipinski definition) is 3. The molecule has 0 saturated carbocycles. The summed E-state index contributed by atoms with van der Waals surface area (Å²) >= 11 is 0. The summed E-state index contributed by atoms with van der Waals surface area (Å²) in [5, 5.41) is 3.44. The van der Waals surface area contributed by atoms with Crippen LogP contribution in [0.1, 0.15) is 19.8 Å². The average Bonchev–Trinajstić information content (AvgIpc) is 2.19. The Bertz CT molecular complexity index is 177. The van der Waals surface area contributed by atoms with E-state index in [1.807, 2.05) is 0 Å². The lowest BCUT2D eigenvalue weighted by Gasteiger charge is -2.44. The van der Waals surface area contributed by atoms with E-state index in [4.69, 9.17) is 0 Å². The number of piperazine rings is 1. The van der Waals surface area contributed by atoms with E-state index in [-0.39, 0.29) is 0 Å². The van der Waals surface area contributed by atoms with E-state index in [1.165, 1.54) is 45.6 Å². The first-order chi connectivity index (χ1) is 6.77. The van der Waals surface area contributed by atoms with Crippen molar-refractivity contribution in [3.05, 3.63) is 0 Å². The zero-order valence-corrected chi connectivity index (χ0v) is 9.50. The monoisotopic (exact) mass is 197 g/mol. The summed E-state index contributed by atoms with van der Waals surface area (Å²) in [6, 6.07) is 1.59. The van der Waals surface area contributed by atoms with Gasteiger partial charge < -0.3 is 10.2 Å². The largest absolute Gasteiger partial charge is 0.317 e. The molecule has 14 heavy (non-hydrogen) atoms. The Kier molecular flexibility index (Phi) is 3.42. The molecule has 1 N–H and O–H groups in total. The Morgan fingerprint density at radius 2 is 1.86 bits per heavy atom. The zero-order chi connectivity index (χ0) is 9.97. The molecule has 0 bridgehead atoms. The van der Waals surface area contributed by atoms with Gasteiger partial charge >= 0.3 is 0 Å². The first-order valence-corrected chi connectivity index (χ1v) is 5.92. The molecule has 2 saturated heterocycles. The number of piperidine rings is 1. The first kappa shape index (κ1) is 10.4. The molecule has 0 aromatic rings. The molecule has 0 aliphatic carbocycles. The summed E-state index contributed by atoms with van der Waals surface area (Å²) in [7, 11) is 2.23. The van der Waals surface area contributed by atoms with E-state index in [9.17, 15) is 0 Å². The lowest BCUT2D eigenvalue weighted by atomic mass is 10.0. The van der Waals surface area contributed by atoms with Crippen LogP contribution in [0, 0.1) is 0 Å². The van der Waals surface area contributed by atoms with Crippen molar-refractivity contribution < 1.29 is 0 Å². The fourth-order valence-electron chi connectivity index (χ4n) is 2.83. The minimum atomic E-state index is 0.747. The highest BCUT2D eigenvalue weighted by Crippen LogP contribution is 2.18. The summed E-state index contributed by atoms with van der Waals surface area (Å²) < 4.78 is 0. The number of nitrogens with one attached hydrogen (secondary N) is 1. The molecule has 0 aromatic heterocycles. The van der Waals surface area contributed by atoms with Gasteiger partial charge in [-0.15, -0.1) is 0 Å². The van der Waals surface area contributed by atoms with Gasteiger partial charge in [-0.25, -0.2) is 0 Å². The molecule has 0 radical (unpaired) electrons. The second kappa shape index (κ2) is 4.60. The molecule has 0 aromatic carbocycles. The molecule has 1 unspecified atom stereocenters. The third-order valence-electron chi connectivity index (χ3n) is 3.66. The molecule has 2 aliphatic rings. The van der Waals surface area contributed by atoms with Gasteiger partial charge in [0.15, 0.2) is 0 Å². The van der Waals surface area contributed by atoms with E-state index in [2.05, 4.69) is 29.1 Å². The highest BCUT2D eigenvalue weighted by Gasteiger charge is 2.28. The number of nitrogens with zero attached hydrogens (tertiary/aromatic N) is 2. The van der Waals surface area contributed by atoms with Crippen molar-refractivity contribution in [1.82, 2.24) is 15.1 Å². The van der Waals surface area contributed by atoms with Crippen molar-refractivity contribution in [2.24, 2.45) is 0 Å². The molecule has 3 heteroatoms. The average molecular weight is 197 g/mol. The SMILES string of the molecule is CC1CN(C)CCN1C1CCNCC1. The third kappa shape index (κ3) is 2.27. The minimum Gasteiger partial charge on any atom is -0.317 e. The lowest BCUT2D eigenvalue weighted by Crippen LogP contribution is -2.56. The van der Waals surface area contributed by atoms with Crippen LogP contribution in [-0.2, 0) is 0 Å². The molecule has 2 aliphatic heterocycles. The highest BCUT2D eigenvalue weighted by atomic mass is 15.3. The molecule has 2 heterocycles. The van der Waals surface area contributed by atoms with Gasteiger partial charge in [0.1, 0.15) is 0 Å². The van der Waals surface area contributed by atoms with E-state index in [0.29, 0.717) is 0 Å². The van der Waals surface area contributed by atoms with Gasteiger partial charge in [-0.2, -0.15) is 0 Å². The summed E-state index contributed by atoms with van der Waals surface area (Å²) in [5.74, 6) is 0. The quantitative estimate of drug-likeness (QED) is 0.655. The maximum atomic E-state index is 3.44. The summed E-state index contributed by atoms with van der Waals surface area (Å²) in [5.41, 5.74) is 0. The molecule has 2 rings (SSSR count). The molecule has 0 spiro atoms. The molecule has 82 valence electrons. The van der Waals surface area contributed by atoms with Crippen molar-refractivity contribution in [2.45, 2.75) is 31.8 Å². The molecule has 2 fully saturated rings. The second-order valence-corrected chi connectivity index (χ2v) is 4.83. The van der Waals surface area contributed by atoms with Crippen molar-refractivity contribution in [3.8, 4) is 0 Å². The zero-order valence-electron chi connectivity index (χ0n) is 9.50. The maximum Gasteiger partial charge on any atom is 0.0198 e. The van der Waals surface area contributed by atoms with Crippen molar-refractivity contribution in [3.63, 3.8) is 0 Å². The number of hydrogen-bond donors (Lipinski definition) is 1. The maximum absolute atomic E-state index is 3.44. The van der Waals surface area contributed by atoms with Crippen molar-refractivity contribution >= 4 is 0 Å². The van der Waals surface area contributed by atoms with Gasteiger partial charge in [0.05, 0.1) is 0 Å². The molecular weight excluding hydrogens is 174 g/mol. The highest BCUT2D eigenvalue weighted by molar-refractivity contribution is 4.85. The fraction of sp³-hybridized carbons (Fsp3) is 1.00. The van der Waals surface area contributed by atoms with Crippen LogP contribution in [0.5, 0.6) is 0 Å². The molecule has 1 atom stereocenters. The van der Waals surface area contributed by atoms with Crippen LogP contribution >= 0.6 is 0 Å². The van der Waals surface area contributed by atoms with Gasteiger partial charge in [0.2, 0.25) is 0 Å². The van der Waals surface area contributed by atoms with Gasteiger partial charge in [0, 0.05) is 31.7 Å². The van der Waals surface area contributed by atoms with Gasteiger partial charge in [-0.1, -0.05) is 0 Å². The van der Waals surface area contributed by atoms with Crippen LogP contribution < -0.4 is 5.32 Å². The summed E-state index contributed by atoms with van der Waals surface area (Å²) in [6.45, 7) is 8.55. The Hall–Kier alpha value is -0.120. The number of likely N-dealkylation sites (N-methyl/N-ethyl adjacent to an activating group) is 1. The van der Waals surface area contributed by atoms with Gasteiger partial charge in [-0.3, -0.25) is 4.90 Å². The van der Waals surface area contributed by atoms with Gasteiger partial charge in [-0.05, 0) is 39.9 Å². The van der Waals surface area contributed by atoms with Crippen LogP contribution in [-0.4, -0.2) is 61.7 Å². The fourth-order valence-corrected chi connectivity index (χ4v) is 2.83. The normalized spacial score (nSPS) is 33.4. The second-order valence-electron chi connectivity index (χ2n) is 4.83. The Labute approximate surface area is 87.4 Å². The van der Waals surface area contributed by atoms with Crippen LogP contribution in [0.25, 0.3) is 0 Å². The lowest BCUT2D eigenvalue weighted by molar-refractivity contribution is 0.0485. The molecule has 3 nitrogen and oxygen atoms in total. The number of rotatable bonds is 1. The van der Waals surface area contributed by atoms with Gasteiger partial charge in [0.25, 0.3) is 0 Å². The predicted octanol–water partition coefficient (Wildman–Crippen LogP) is 0.374. The first-order valence-electron chi connectivity index (χ1n) is 5.92. The van der Waals surface area contributed by atoms with Crippen LogP contribution in [0.15, 0.2) is 0 Å². The molecular formula is C11H23N3. The smallest absolute Gasteiger partial charge is 0.0198 e. The molecule has 0 amide bonds. The third-order valence-corrected chi connectivity index (χ3v) is 3.66.